The molecule has 0 saturated carbocycles. The highest BCUT2D eigenvalue weighted by Gasteiger charge is 2.16. The van der Waals surface area contributed by atoms with Gasteiger partial charge in [0.1, 0.15) is 5.15 Å². The molecule has 6 heteroatoms. The molecule has 17 heavy (non-hydrogen) atoms. The first-order valence-corrected chi connectivity index (χ1v) is 5.55. The Hall–Kier alpha value is -1.62. The van der Waals surface area contributed by atoms with Crippen LogP contribution in [-0.2, 0) is 4.79 Å². The lowest BCUT2D eigenvalue weighted by atomic mass is 10.1. The quantitative estimate of drug-likeness (QED) is 0.784. The molecule has 0 aliphatic heterocycles. The molecule has 0 fully saturated rings. The van der Waals surface area contributed by atoms with Crippen LogP contribution >= 0.6 is 11.6 Å². The average Bonchev–Trinajstić information content (AvgIpc) is 2.30. The summed E-state index contributed by atoms with van der Waals surface area (Å²) in [4.78, 5) is 26.1. The Labute approximate surface area is 104 Å². The summed E-state index contributed by atoms with van der Waals surface area (Å²) < 4.78 is 0. The van der Waals surface area contributed by atoms with E-state index in [0.717, 1.165) is 0 Å². The standard InChI is InChI=1S/C11H13ClN2O3/c1-2-7(11(16)17)5-14-10(15)8-3-4-9(12)13-6-8/h3-4,6-7H,2,5H2,1H3,(H,14,15)(H,16,17). The monoisotopic (exact) mass is 256 g/mol. The van der Waals surface area contributed by atoms with E-state index in [9.17, 15) is 9.59 Å². The number of aliphatic carboxylic acids is 1. The van der Waals surface area contributed by atoms with Gasteiger partial charge in [-0.1, -0.05) is 18.5 Å². The van der Waals surface area contributed by atoms with Gasteiger partial charge in [-0.15, -0.1) is 0 Å². The highest BCUT2D eigenvalue weighted by molar-refractivity contribution is 6.29. The fourth-order valence-corrected chi connectivity index (χ4v) is 1.35. The average molecular weight is 257 g/mol. The van der Waals surface area contributed by atoms with E-state index in [1.54, 1.807) is 6.92 Å². The molecule has 0 radical (unpaired) electrons. The molecule has 1 unspecified atom stereocenters. The van der Waals surface area contributed by atoms with Crippen LogP contribution in [0.5, 0.6) is 0 Å². The second-order valence-corrected chi connectivity index (χ2v) is 3.91. The number of hydrogen-bond acceptors (Lipinski definition) is 3. The number of pyridine rings is 1. The molecule has 92 valence electrons. The number of carboxylic acids is 1. The van der Waals surface area contributed by atoms with E-state index >= 15 is 0 Å². The number of amides is 1. The van der Waals surface area contributed by atoms with Crippen molar-refractivity contribution < 1.29 is 14.7 Å². The molecule has 1 amide bonds. The highest BCUT2D eigenvalue weighted by atomic mass is 35.5. The number of carboxylic acid groups (broad SMARTS) is 1. The van der Waals surface area contributed by atoms with Crippen LogP contribution in [0.15, 0.2) is 18.3 Å². The van der Waals surface area contributed by atoms with Crippen LogP contribution in [0.4, 0.5) is 0 Å². The van der Waals surface area contributed by atoms with E-state index in [-0.39, 0.29) is 12.5 Å². The van der Waals surface area contributed by atoms with Crippen LogP contribution in [0, 0.1) is 5.92 Å². The minimum Gasteiger partial charge on any atom is -0.481 e. The maximum Gasteiger partial charge on any atom is 0.308 e. The van der Waals surface area contributed by atoms with Gasteiger partial charge in [0.25, 0.3) is 5.91 Å². The van der Waals surface area contributed by atoms with Crippen molar-refractivity contribution in [3.63, 3.8) is 0 Å². The van der Waals surface area contributed by atoms with Gasteiger partial charge in [0.2, 0.25) is 0 Å². The zero-order valence-corrected chi connectivity index (χ0v) is 10.1. The molecule has 1 heterocycles. The molecule has 1 rings (SSSR count). The third-order valence-corrected chi connectivity index (χ3v) is 2.56. The first kappa shape index (κ1) is 13.4. The summed E-state index contributed by atoms with van der Waals surface area (Å²) in [5.74, 6) is -1.84. The number of carbonyl (C=O) groups excluding carboxylic acids is 1. The number of carbonyl (C=O) groups is 2. The first-order valence-electron chi connectivity index (χ1n) is 5.17. The lowest BCUT2D eigenvalue weighted by Crippen LogP contribution is -2.32. The maximum absolute atomic E-state index is 11.6. The van der Waals surface area contributed by atoms with Crippen molar-refractivity contribution in [2.24, 2.45) is 5.92 Å². The first-order chi connectivity index (χ1) is 8.04. The number of halogens is 1. The molecule has 2 N–H and O–H groups in total. The SMILES string of the molecule is CCC(CNC(=O)c1ccc(Cl)nc1)C(=O)O. The van der Waals surface area contributed by atoms with Crippen molar-refractivity contribution in [2.75, 3.05) is 6.54 Å². The molecule has 1 atom stereocenters. The lowest BCUT2D eigenvalue weighted by Gasteiger charge is -2.10. The summed E-state index contributed by atoms with van der Waals surface area (Å²) in [7, 11) is 0. The van der Waals surface area contributed by atoms with Gasteiger partial charge < -0.3 is 10.4 Å². The summed E-state index contributed by atoms with van der Waals surface area (Å²) >= 11 is 5.59. The Morgan fingerprint density at radius 3 is 2.71 bits per heavy atom. The predicted octanol–water partition coefficient (Wildman–Crippen LogP) is 1.58. The molecular weight excluding hydrogens is 244 g/mol. The minimum atomic E-state index is -0.915. The van der Waals surface area contributed by atoms with E-state index in [1.807, 2.05) is 0 Å². The molecule has 0 bridgehead atoms. The van der Waals surface area contributed by atoms with Crippen molar-refractivity contribution in [1.82, 2.24) is 10.3 Å². The molecule has 1 aromatic rings. The Morgan fingerprint density at radius 1 is 1.53 bits per heavy atom. The smallest absolute Gasteiger partial charge is 0.308 e. The molecule has 0 spiro atoms. The van der Waals surface area contributed by atoms with Crippen molar-refractivity contribution in [2.45, 2.75) is 13.3 Å². The fourth-order valence-electron chi connectivity index (χ4n) is 1.23. The molecular formula is C11H13ClN2O3. The molecule has 0 saturated heterocycles. The zero-order valence-electron chi connectivity index (χ0n) is 9.31. The Balaban J connectivity index is 2.55. The minimum absolute atomic E-state index is 0.104. The second-order valence-electron chi connectivity index (χ2n) is 3.52. The van der Waals surface area contributed by atoms with Gasteiger partial charge in [0.15, 0.2) is 0 Å². The van der Waals surface area contributed by atoms with Gasteiger partial charge in [0, 0.05) is 12.7 Å². The Bertz CT molecular complexity index is 406. The zero-order chi connectivity index (χ0) is 12.8. The van der Waals surface area contributed by atoms with Crippen LogP contribution in [-0.4, -0.2) is 28.5 Å². The summed E-state index contributed by atoms with van der Waals surface area (Å²) in [6.07, 6.45) is 1.81. The topological polar surface area (TPSA) is 79.3 Å². The number of nitrogens with zero attached hydrogens (tertiary/aromatic N) is 1. The summed E-state index contributed by atoms with van der Waals surface area (Å²) in [6.45, 7) is 1.86. The molecule has 0 aromatic carbocycles. The number of aromatic nitrogens is 1. The highest BCUT2D eigenvalue weighted by Crippen LogP contribution is 2.06. The molecule has 0 aliphatic carbocycles. The normalized spacial score (nSPS) is 11.9. The van der Waals surface area contributed by atoms with Gasteiger partial charge in [-0.25, -0.2) is 4.98 Å². The van der Waals surface area contributed by atoms with E-state index < -0.39 is 11.9 Å². The number of nitrogens with one attached hydrogen (secondary N) is 1. The summed E-state index contributed by atoms with van der Waals surface area (Å²) in [5.41, 5.74) is 0.356. The molecule has 5 nitrogen and oxygen atoms in total. The van der Waals surface area contributed by atoms with E-state index in [2.05, 4.69) is 10.3 Å². The van der Waals surface area contributed by atoms with Crippen molar-refractivity contribution in [1.29, 1.82) is 0 Å². The summed E-state index contributed by atoms with van der Waals surface area (Å²) in [5, 5.41) is 11.7. The predicted molar refractivity (Wildman–Crippen MR) is 63.0 cm³/mol. The van der Waals surface area contributed by atoms with Crippen LogP contribution in [0.3, 0.4) is 0 Å². The van der Waals surface area contributed by atoms with Gasteiger partial charge in [0.05, 0.1) is 11.5 Å². The second kappa shape index (κ2) is 6.20. The third-order valence-electron chi connectivity index (χ3n) is 2.34. The largest absolute Gasteiger partial charge is 0.481 e. The van der Waals surface area contributed by atoms with Gasteiger partial charge in [-0.2, -0.15) is 0 Å². The van der Waals surface area contributed by atoms with Gasteiger partial charge in [-0.05, 0) is 18.6 Å². The Kier molecular flexibility index (Phi) is 4.90. The van der Waals surface area contributed by atoms with E-state index in [1.165, 1.54) is 18.3 Å². The lowest BCUT2D eigenvalue weighted by molar-refractivity contribution is -0.141. The maximum atomic E-state index is 11.6. The summed E-state index contributed by atoms with van der Waals surface area (Å²) in [6, 6.07) is 3.04. The fraction of sp³-hybridized carbons (Fsp3) is 0.364. The molecule has 0 aliphatic rings. The number of rotatable bonds is 5. The van der Waals surface area contributed by atoms with Gasteiger partial charge >= 0.3 is 5.97 Å². The Morgan fingerprint density at radius 2 is 2.24 bits per heavy atom. The van der Waals surface area contributed by atoms with Crippen LogP contribution in [0.25, 0.3) is 0 Å². The number of hydrogen-bond donors (Lipinski definition) is 2. The van der Waals surface area contributed by atoms with E-state index in [0.29, 0.717) is 17.1 Å². The molecule has 1 aromatic heterocycles. The van der Waals surface area contributed by atoms with Gasteiger partial charge in [-0.3, -0.25) is 9.59 Å². The van der Waals surface area contributed by atoms with Crippen molar-refractivity contribution in [3.05, 3.63) is 29.0 Å². The third kappa shape index (κ3) is 4.03. The van der Waals surface area contributed by atoms with Crippen LogP contribution in [0.2, 0.25) is 5.15 Å². The van der Waals surface area contributed by atoms with Crippen molar-refractivity contribution >= 4 is 23.5 Å². The van der Waals surface area contributed by atoms with Crippen molar-refractivity contribution in [3.8, 4) is 0 Å². The van der Waals surface area contributed by atoms with Crippen LogP contribution < -0.4 is 5.32 Å². The van der Waals surface area contributed by atoms with Crippen LogP contribution in [0.1, 0.15) is 23.7 Å². The van der Waals surface area contributed by atoms with E-state index in [4.69, 9.17) is 16.7 Å².